The highest BCUT2D eigenvalue weighted by atomic mass is 32.2. The van der Waals surface area contributed by atoms with Gasteiger partial charge in [0.15, 0.2) is 0 Å². The summed E-state index contributed by atoms with van der Waals surface area (Å²) < 4.78 is 40.8. The summed E-state index contributed by atoms with van der Waals surface area (Å²) in [6.45, 7) is 2.03. The molecular weight excluding hydrogens is 387 g/mol. The van der Waals surface area contributed by atoms with Crippen LogP contribution in [0.25, 0.3) is 11.1 Å². The van der Waals surface area contributed by atoms with Crippen LogP contribution in [0.5, 0.6) is 0 Å². The summed E-state index contributed by atoms with van der Waals surface area (Å²) in [5.41, 5.74) is 5.05. The zero-order valence-corrected chi connectivity index (χ0v) is 16.6. The maximum absolute atomic E-state index is 13.5. The van der Waals surface area contributed by atoms with Crippen molar-refractivity contribution in [3.63, 3.8) is 0 Å². The number of benzene rings is 3. The molecule has 2 aliphatic rings. The van der Waals surface area contributed by atoms with Gasteiger partial charge in [0, 0.05) is 26.2 Å². The Bertz CT molecular complexity index is 1130. The first kappa shape index (κ1) is 18.5. The second-order valence-electron chi connectivity index (χ2n) is 7.47. The van der Waals surface area contributed by atoms with E-state index in [-0.39, 0.29) is 10.9 Å². The van der Waals surface area contributed by atoms with Crippen LogP contribution >= 0.6 is 0 Å². The van der Waals surface area contributed by atoms with Crippen molar-refractivity contribution in [1.29, 1.82) is 0 Å². The summed E-state index contributed by atoms with van der Waals surface area (Å²) in [6, 6.07) is 22.2. The fraction of sp³-hybridized carbons (Fsp3) is 0.217. The molecule has 3 aromatic rings. The molecule has 6 heteroatoms. The summed E-state index contributed by atoms with van der Waals surface area (Å²) in [6.07, 6.45) is 0. The topological polar surface area (TPSA) is 40.6 Å². The van der Waals surface area contributed by atoms with E-state index in [1.807, 2.05) is 0 Å². The summed E-state index contributed by atoms with van der Waals surface area (Å²) in [5.74, 6) is -0.538. The smallest absolute Gasteiger partial charge is 0.243 e. The molecule has 0 N–H and O–H groups in total. The summed E-state index contributed by atoms with van der Waals surface area (Å²) in [5, 5.41) is 0. The zero-order chi connectivity index (χ0) is 20.0. The largest absolute Gasteiger partial charge is 0.290 e. The quantitative estimate of drug-likeness (QED) is 0.660. The van der Waals surface area contributed by atoms with E-state index < -0.39 is 15.8 Å². The van der Waals surface area contributed by atoms with E-state index in [0.717, 1.165) is 6.07 Å². The molecule has 0 amide bonds. The van der Waals surface area contributed by atoms with Crippen molar-refractivity contribution < 1.29 is 12.8 Å². The maximum Gasteiger partial charge on any atom is 0.243 e. The lowest BCUT2D eigenvalue weighted by molar-refractivity contribution is 0.158. The second kappa shape index (κ2) is 7.06. The highest BCUT2D eigenvalue weighted by molar-refractivity contribution is 7.89. The number of nitrogens with zero attached hydrogens (tertiary/aromatic N) is 2. The van der Waals surface area contributed by atoms with Gasteiger partial charge in [-0.25, -0.2) is 12.8 Å². The molecule has 5 rings (SSSR count). The van der Waals surface area contributed by atoms with Crippen molar-refractivity contribution in [1.82, 2.24) is 9.21 Å². The molecule has 0 bridgehead atoms. The molecule has 1 heterocycles. The Hall–Kier alpha value is -2.54. The predicted molar refractivity (Wildman–Crippen MR) is 110 cm³/mol. The molecular formula is C23H21FN2O2S. The molecule has 0 radical (unpaired) electrons. The fourth-order valence-corrected chi connectivity index (χ4v) is 5.96. The van der Waals surface area contributed by atoms with Crippen LogP contribution in [0.4, 0.5) is 4.39 Å². The van der Waals surface area contributed by atoms with Gasteiger partial charge < -0.3 is 0 Å². The van der Waals surface area contributed by atoms with Gasteiger partial charge in [-0.05, 0) is 40.5 Å². The van der Waals surface area contributed by atoms with Gasteiger partial charge in [-0.3, -0.25) is 4.90 Å². The van der Waals surface area contributed by atoms with E-state index in [1.54, 1.807) is 0 Å². The highest BCUT2D eigenvalue weighted by Crippen LogP contribution is 2.46. The minimum absolute atomic E-state index is 0.0162. The van der Waals surface area contributed by atoms with Gasteiger partial charge in [-0.2, -0.15) is 4.31 Å². The number of hydrogen-bond donors (Lipinski definition) is 0. The minimum atomic E-state index is -3.69. The molecule has 1 saturated heterocycles. The van der Waals surface area contributed by atoms with Crippen molar-refractivity contribution in [2.45, 2.75) is 10.9 Å². The highest BCUT2D eigenvalue weighted by Gasteiger charge is 2.36. The summed E-state index contributed by atoms with van der Waals surface area (Å²) in [4.78, 5) is 2.37. The standard InChI is InChI=1S/C23H21FN2O2S/c24-17-6-5-7-18(16-17)29(27,28)26-14-12-25(13-15-26)23-21-10-3-1-8-19(21)20-9-2-4-11-22(20)23/h1-11,16,23H,12-15H2. The predicted octanol–water partition coefficient (Wildman–Crippen LogP) is 3.90. The molecule has 4 nitrogen and oxygen atoms in total. The molecule has 1 aliphatic carbocycles. The zero-order valence-electron chi connectivity index (χ0n) is 15.8. The third kappa shape index (κ3) is 3.08. The lowest BCUT2D eigenvalue weighted by Gasteiger charge is -2.38. The molecule has 148 valence electrons. The lowest BCUT2D eigenvalue weighted by atomic mass is 10.0. The van der Waals surface area contributed by atoms with Crippen molar-refractivity contribution in [3.05, 3.63) is 89.7 Å². The van der Waals surface area contributed by atoms with E-state index in [1.165, 1.54) is 44.8 Å². The van der Waals surface area contributed by atoms with Gasteiger partial charge in [0.1, 0.15) is 5.82 Å². The van der Waals surface area contributed by atoms with Gasteiger partial charge in [-0.1, -0.05) is 54.6 Å². The van der Waals surface area contributed by atoms with Crippen molar-refractivity contribution >= 4 is 10.0 Å². The molecule has 0 saturated carbocycles. The van der Waals surface area contributed by atoms with Crippen LogP contribution < -0.4 is 0 Å². The van der Waals surface area contributed by atoms with Gasteiger partial charge >= 0.3 is 0 Å². The Morgan fingerprint density at radius 2 is 1.34 bits per heavy atom. The average Bonchev–Trinajstić information content (AvgIpc) is 3.08. The number of fused-ring (bicyclic) bond motifs is 3. The summed E-state index contributed by atoms with van der Waals surface area (Å²) in [7, 11) is -3.69. The molecule has 1 fully saturated rings. The van der Waals surface area contributed by atoms with Crippen molar-refractivity contribution in [3.8, 4) is 11.1 Å². The van der Waals surface area contributed by atoms with Gasteiger partial charge in [-0.15, -0.1) is 0 Å². The first-order chi connectivity index (χ1) is 14.1. The molecule has 0 atom stereocenters. The van der Waals surface area contributed by atoms with Gasteiger partial charge in [0.2, 0.25) is 10.0 Å². The first-order valence-electron chi connectivity index (χ1n) is 9.74. The van der Waals surface area contributed by atoms with E-state index in [0.29, 0.717) is 26.2 Å². The number of hydrogen-bond acceptors (Lipinski definition) is 3. The van der Waals surface area contributed by atoms with Crippen LogP contribution in [0, 0.1) is 5.82 Å². The third-order valence-corrected chi connectivity index (χ3v) is 7.77. The van der Waals surface area contributed by atoms with E-state index in [2.05, 4.69) is 53.4 Å². The number of rotatable bonds is 3. The molecule has 3 aromatic carbocycles. The Kier molecular flexibility index (Phi) is 4.50. The van der Waals surface area contributed by atoms with Crippen LogP contribution in [0.2, 0.25) is 0 Å². The van der Waals surface area contributed by atoms with Crippen LogP contribution in [-0.2, 0) is 10.0 Å². The van der Waals surface area contributed by atoms with E-state index >= 15 is 0 Å². The second-order valence-corrected chi connectivity index (χ2v) is 9.41. The van der Waals surface area contributed by atoms with E-state index in [4.69, 9.17) is 0 Å². The normalized spacial score (nSPS) is 17.8. The van der Waals surface area contributed by atoms with Crippen LogP contribution in [-0.4, -0.2) is 43.8 Å². The monoisotopic (exact) mass is 408 g/mol. The third-order valence-electron chi connectivity index (χ3n) is 5.87. The minimum Gasteiger partial charge on any atom is -0.290 e. The van der Waals surface area contributed by atoms with Crippen molar-refractivity contribution in [2.24, 2.45) is 0 Å². The molecule has 1 aliphatic heterocycles. The number of piperazine rings is 1. The maximum atomic E-state index is 13.5. The average molecular weight is 408 g/mol. The molecule has 29 heavy (non-hydrogen) atoms. The van der Waals surface area contributed by atoms with Crippen LogP contribution in [0.1, 0.15) is 17.2 Å². The van der Waals surface area contributed by atoms with Crippen molar-refractivity contribution in [2.75, 3.05) is 26.2 Å². The van der Waals surface area contributed by atoms with Gasteiger partial charge in [0.25, 0.3) is 0 Å². The Morgan fingerprint density at radius 3 is 1.93 bits per heavy atom. The SMILES string of the molecule is O=S(=O)(c1cccc(F)c1)N1CCN(C2c3ccccc3-c3ccccc32)CC1. The Balaban J connectivity index is 1.40. The van der Waals surface area contributed by atoms with Crippen LogP contribution in [0.15, 0.2) is 77.7 Å². The van der Waals surface area contributed by atoms with E-state index in [9.17, 15) is 12.8 Å². The van der Waals surface area contributed by atoms with Gasteiger partial charge in [0.05, 0.1) is 10.9 Å². The lowest BCUT2D eigenvalue weighted by Crippen LogP contribution is -2.49. The number of sulfonamides is 1. The summed E-state index contributed by atoms with van der Waals surface area (Å²) >= 11 is 0. The van der Waals surface area contributed by atoms with Crippen LogP contribution in [0.3, 0.4) is 0 Å². The fourth-order valence-electron chi connectivity index (χ4n) is 4.50. The molecule has 0 aromatic heterocycles. The first-order valence-corrected chi connectivity index (χ1v) is 11.2. The number of halogens is 1. The Labute approximate surface area is 170 Å². The molecule has 0 spiro atoms. The Morgan fingerprint density at radius 1 is 0.759 bits per heavy atom. The molecule has 0 unspecified atom stereocenters.